The maximum atomic E-state index is 14.1. The third kappa shape index (κ3) is 8.66. The van der Waals surface area contributed by atoms with Crippen LogP contribution in [0.4, 0.5) is 5.69 Å². The van der Waals surface area contributed by atoms with Crippen LogP contribution in [0.1, 0.15) is 36.1 Å². The molecular formula is C31H38BrN3O4S. The van der Waals surface area contributed by atoms with E-state index in [4.69, 9.17) is 0 Å². The van der Waals surface area contributed by atoms with Gasteiger partial charge in [-0.3, -0.25) is 13.9 Å². The minimum atomic E-state index is -3.81. The fraction of sp³-hybridized carbons (Fsp3) is 0.355. The summed E-state index contributed by atoms with van der Waals surface area (Å²) in [6.45, 7) is 8.01. The van der Waals surface area contributed by atoms with E-state index in [1.54, 1.807) is 18.2 Å². The largest absolute Gasteiger partial charge is 0.354 e. The van der Waals surface area contributed by atoms with Crippen LogP contribution in [0.15, 0.2) is 77.3 Å². The van der Waals surface area contributed by atoms with E-state index in [0.717, 1.165) is 37.3 Å². The number of sulfonamides is 1. The van der Waals surface area contributed by atoms with Crippen molar-refractivity contribution >= 4 is 43.5 Å². The van der Waals surface area contributed by atoms with Crippen molar-refractivity contribution in [1.29, 1.82) is 0 Å². The predicted octanol–water partition coefficient (Wildman–Crippen LogP) is 5.24. The summed E-state index contributed by atoms with van der Waals surface area (Å²) in [4.78, 5) is 29.3. The third-order valence-corrected chi connectivity index (χ3v) is 8.70. The Hall–Kier alpha value is -3.17. The summed E-state index contributed by atoms with van der Waals surface area (Å²) in [6, 6.07) is 21.5. The number of halogens is 1. The molecule has 0 saturated heterocycles. The lowest BCUT2D eigenvalue weighted by atomic mass is 10.0. The molecule has 0 fully saturated rings. The molecule has 0 saturated carbocycles. The van der Waals surface area contributed by atoms with E-state index in [-0.39, 0.29) is 18.4 Å². The van der Waals surface area contributed by atoms with Crippen molar-refractivity contribution in [3.8, 4) is 0 Å². The van der Waals surface area contributed by atoms with Crippen molar-refractivity contribution < 1.29 is 18.0 Å². The third-order valence-electron chi connectivity index (χ3n) is 6.67. The summed E-state index contributed by atoms with van der Waals surface area (Å²) in [5.41, 5.74) is 3.99. The van der Waals surface area contributed by atoms with E-state index in [0.29, 0.717) is 18.7 Å². The lowest BCUT2D eigenvalue weighted by molar-refractivity contribution is -0.140. The number of carbonyl (C=O) groups excluding carboxylic acids is 2. The fourth-order valence-corrected chi connectivity index (χ4v) is 5.43. The predicted molar refractivity (Wildman–Crippen MR) is 165 cm³/mol. The van der Waals surface area contributed by atoms with E-state index in [1.165, 1.54) is 4.90 Å². The Morgan fingerprint density at radius 2 is 1.57 bits per heavy atom. The highest BCUT2D eigenvalue weighted by Gasteiger charge is 2.33. The Kier molecular flexibility index (Phi) is 10.9. The Morgan fingerprint density at radius 1 is 0.925 bits per heavy atom. The minimum Gasteiger partial charge on any atom is -0.354 e. The Morgan fingerprint density at radius 3 is 2.17 bits per heavy atom. The molecule has 2 amide bonds. The van der Waals surface area contributed by atoms with E-state index in [9.17, 15) is 18.0 Å². The van der Waals surface area contributed by atoms with E-state index >= 15 is 0 Å². The van der Waals surface area contributed by atoms with Crippen LogP contribution in [0, 0.1) is 19.8 Å². The van der Waals surface area contributed by atoms with E-state index in [1.807, 2.05) is 82.3 Å². The molecule has 9 heteroatoms. The number of aryl methyl sites for hydroxylation is 2. The second-order valence-electron chi connectivity index (χ2n) is 10.5. The molecular weight excluding hydrogens is 590 g/mol. The molecule has 1 N–H and O–H groups in total. The highest BCUT2D eigenvalue weighted by molar-refractivity contribution is 9.10. The molecule has 0 aromatic heterocycles. The van der Waals surface area contributed by atoms with Crippen LogP contribution in [0.5, 0.6) is 0 Å². The summed E-state index contributed by atoms with van der Waals surface area (Å²) in [5, 5.41) is 3.00. The van der Waals surface area contributed by atoms with Crippen molar-refractivity contribution in [1.82, 2.24) is 10.2 Å². The van der Waals surface area contributed by atoms with Gasteiger partial charge >= 0.3 is 0 Å². The number of carbonyl (C=O) groups is 2. The SMILES string of the molecule is Cc1cc(N(CC(=O)N(Cc2ccccc2C)C(Cc2ccccc2)C(=O)NCC(C)C)S(C)(=O)=O)ccc1Br. The molecule has 0 radical (unpaired) electrons. The van der Waals surface area contributed by atoms with Gasteiger partial charge in [0, 0.05) is 24.0 Å². The first kappa shape index (κ1) is 31.4. The average Bonchev–Trinajstić information content (AvgIpc) is 2.90. The van der Waals surface area contributed by atoms with Crippen molar-refractivity contribution in [2.24, 2.45) is 5.92 Å². The second-order valence-corrected chi connectivity index (χ2v) is 13.3. The summed E-state index contributed by atoms with van der Waals surface area (Å²) in [6.07, 6.45) is 1.37. The molecule has 0 aliphatic heterocycles. The number of amides is 2. The first-order chi connectivity index (χ1) is 18.9. The molecule has 0 bridgehead atoms. The van der Waals surface area contributed by atoms with E-state index in [2.05, 4.69) is 21.2 Å². The monoisotopic (exact) mass is 627 g/mol. The van der Waals surface area contributed by atoms with Crippen LogP contribution in [0.3, 0.4) is 0 Å². The lowest BCUT2D eigenvalue weighted by Crippen LogP contribution is -2.53. The van der Waals surface area contributed by atoms with Crippen molar-refractivity contribution in [3.05, 3.63) is 99.5 Å². The first-order valence-electron chi connectivity index (χ1n) is 13.3. The van der Waals surface area contributed by atoms with Gasteiger partial charge in [-0.25, -0.2) is 8.42 Å². The topological polar surface area (TPSA) is 86.8 Å². The molecule has 214 valence electrons. The van der Waals surface area contributed by atoms with Gasteiger partial charge in [0.25, 0.3) is 0 Å². The number of nitrogens with one attached hydrogen (secondary N) is 1. The van der Waals surface area contributed by atoms with Crippen LogP contribution in [0.25, 0.3) is 0 Å². The molecule has 0 aliphatic carbocycles. The minimum absolute atomic E-state index is 0.162. The lowest BCUT2D eigenvalue weighted by Gasteiger charge is -2.34. The highest BCUT2D eigenvalue weighted by Crippen LogP contribution is 2.25. The highest BCUT2D eigenvalue weighted by atomic mass is 79.9. The van der Waals surface area contributed by atoms with Gasteiger partial charge in [0.1, 0.15) is 12.6 Å². The average molecular weight is 629 g/mol. The van der Waals surface area contributed by atoms with Gasteiger partial charge in [0.15, 0.2) is 0 Å². The van der Waals surface area contributed by atoms with Gasteiger partial charge in [0.05, 0.1) is 11.9 Å². The van der Waals surface area contributed by atoms with Gasteiger partial charge in [-0.2, -0.15) is 0 Å². The van der Waals surface area contributed by atoms with Crippen LogP contribution < -0.4 is 9.62 Å². The molecule has 0 spiro atoms. The maximum absolute atomic E-state index is 14.1. The molecule has 1 unspecified atom stereocenters. The van der Waals surface area contributed by atoms with Crippen LogP contribution >= 0.6 is 15.9 Å². The van der Waals surface area contributed by atoms with Gasteiger partial charge < -0.3 is 10.2 Å². The zero-order valence-electron chi connectivity index (χ0n) is 23.7. The van der Waals surface area contributed by atoms with E-state index < -0.39 is 28.5 Å². The molecule has 0 heterocycles. The molecule has 0 aliphatic rings. The van der Waals surface area contributed by atoms with Gasteiger partial charge in [-0.1, -0.05) is 84.4 Å². The number of benzene rings is 3. The first-order valence-corrected chi connectivity index (χ1v) is 15.9. The molecule has 3 rings (SSSR count). The van der Waals surface area contributed by atoms with Crippen molar-refractivity contribution in [3.63, 3.8) is 0 Å². The van der Waals surface area contributed by atoms with Crippen molar-refractivity contribution in [2.75, 3.05) is 23.7 Å². The summed E-state index contributed by atoms with van der Waals surface area (Å²) in [7, 11) is -3.81. The number of anilines is 1. The fourth-order valence-electron chi connectivity index (χ4n) is 4.35. The van der Waals surface area contributed by atoms with Gasteiger partial charge in [-0.05, 0) is 60.2 Å². The summed E-state index contributed by atoms with van der Waals surface area (Å²) < 4.78 is 27.8. The molecule has 40 heavy (non-hydrogen) atoms. The van der Waals surface area contributed by atoms with Crippen molar-refractivity contribution in [2.45, 2.75) is 46.7 Å². The Bertz CT molecular complexity index is 1430. The summed E-state index contributed by atoms with van der Waals surface area (Å²) in [5.74, 6) is -0.511. The zero-order chi connectivity index (χ0) is 29.4. The normalized spacial score (nSPS) is 12.2. The number of nitrogens with zero attached hydrogens (tertiary/aromatic N) is 2. The standard InChI is InChI=1S/C31H38BrN3O4S/c1-22(2)19-33-31(37)29(18-25-12-7-6-8-13-25)34(20-26-14-10-9-11-23(26)3)30(36)21-35(40(5,38)39)27-15-16-28(32)24(4)17-27/h6-17,22,29H,18-21H2,1-5H3,(H,33,37). The second kappa shape index (κ2) is 13.9. The van der Waals surface area contributed by atoms with Crippen LogP contribution in [-0.2, 0) is 32.6 Å². The number of rotatable bonds is 12. The molecule has 7 nitrogen and oxygen atoms in total. The Balaban J connectivity index is 2.07. The number of hydrogen-bond donors (Lipinski definition) is 1. The van der Waals surface area contributed by atoms with Gasteiger partial charge in [-0.15, -0.1) is 0 Å². The maximum Gasteiger partial charge on any atom is 0.244 e. The Labute approximate surface area is 246 Å². The smallest absolute Gasteiger partial charge is 0.244 e. The molecule has 1 atom stereocenters. The number of hydrogen-bond acceptors (Lipinski definition) is 4. The molecule has 3 aromatic rings. The zero-order valence-corrected chi connectivity index (χ0v) is 26.1. The molecule has 3 aromatic carbocycles. The van der Waals surface area contributed by atoms with Crippen LogP contribution in [-0.4, -0.2) is 50.5 Å². The van der Waals surface area contributed by atoms with Gasteiger partial charge in [0.2, 0.25) is 21.8 Å². The van der Waals surface area contributed by atoms with Crippen LogP contribution in [0.2, 0.25) is 0 Å². The quantitative estimate of drug-likeness (QED) is 0.297. The summed E-state index contributed by atoms with van der Waals surface area (Å²) >= 11 is 3.45.